The standard InChI is InChI=1S/C15H21N3O/c1-17(2)10-12-8-7-11-9-16-18(14(11)15(12)19)13-5-3-4-6-13/h9-10,13H,3-8H2,1-2H3/b12-10-. The van der Waals surface area contributed by atoms with E-state index in [-0.39, 0.29) is 5.78 Å². The molecule has 0 aromatic carbocycles. The first-order chi connectivity index (χ1) is 9.16. The van der Waals surface area contributed by atoms with Crippen molar-refractivity contribution >= 4 is 5.78 Å². The Balaban J connectivity index is 1.97. The summed E-state index contributed by atoms with van der Waals surface area (Å²) in [7, 11) is 3.92. The van der Waals surface area contributed by atoms with Crippen LogP contribution in [0.3, 0.4) is 0 Å². The molecule has 4 heteroatoms. The van der Waals surface area contributed by atoms with Crippen LogP contribution in [-0.4, -0.2) is 34.6 Å². The fourth-order valence-corrected chi connectivity index (χ4v) is 3.23. The third kappa shape index (κ3) is 2.20. The minimum absolute atomic E-state index is 0.180. The van der Waals surface area contributed by atoms with Gasteiger partial charge >= 0.3 is 0 Å². The lowest BCUT2D eigenvalue weighted by atomic mass is 9.92. The Morgan fingerprint density at radius 1 is 1.32 bits per heavy atom. The maximum atomic E-state index is 12.6. The molecule has 0 aliphatic heterocycles. The van der Waals surface area contributed by atoms with Crippen molar-refractivity contribution < 1.29 is 4.79 Å². The van der Waals surface area contributed by atoms with Crippen molar-refractivity contribution in [2.75, 3.05) is 14.1 Å². The van der Waals surface area contributed by atoms with E-state index in [9.17, 15) is 4.79 Å². The Kier molecular flexibility index (Phi) is 3.17. The lowest BCUT2D eigenvalue weighted by molar-refractivity contribution is 0.101. The molecule has 0 amide bonds. The van der Waals surface area contributed by atoms with Crippen LogP contribution >= 0.6 is 0 Å². The summed E-state index contributed by atoms with van der Waals surface area (Å²) in [6.45, 7) is 0. The molecular formula is C15H21N3O. The Morgan fingerprint density at radius 2 is 2.05 bits per heavy atom. The fraction of sp³-hybridized carbons (Fsp3) is 0.600. The largest absolute Gasteiger partial charge is 0.383 e. The van der Waals surface area contributed by atoms with Gasteiger partial charge in [-0.1, -0.05) is 12.8 Å². The second kappa shape index (κ2) is 4.83. The van der Waals surface area contributed by atoms with Gasteiger partial charge < -0.3 is 4.90 Å². The zero-order valence-electron chi connectivity index (χ0n) is 11.7. The lowest BCUT2D eigenvalue weighted by Gasteiger charge is -2.20. The molecule has 0 saturated heterocycles. The number of aryl methyl sites for hydroxylation is 1. The van der Waals surface area contributed by atoms with E-state index in [4.69, 9.17) is 0 Å². The molecule has 1 aromatic rings. The van der Waals surface area contributed by atoms with Crippen molar-refractivity contribution in [2.24, 2.45) is 0 Å². The topological polar surface area (TPSA) is 38.1 Å². The molecule has 0 bridgehead atoms. The summed E-state index contributed by atoms with van der Waals surface area (Å²) in [6.07, 6.45) is 10.5. The van der Waals surface area contributed by atoms with Crippen molar-refractivity contribution in [1.29, 1.82) is 0 Å². The first-order valence-electron chi connectivity index (χ1n) is 7.15. The number of carbonyl (C=O) groups is 1. The highest BCUT2D eigenvalue weighted by Gasteiger charge is 2.30. The number of allylic oxidation sites excluding steroid dienone is 1. The molecular weight excluding hydrogens is 238 g/mol. The van der Waals surface area contributed by atoms with Crippen LogP contribution in [0.2, 0.25) is 0 Å². The molecule has 3 rings (SSSR count). The van der Waals surface area contributed by atoms with Crippen LogP contribution in [0, 0.1) is 0 Å². The number of hydrogen-bond donors (Lipinski definition) is 0. The molecule has 2 aliphatic rings. The van der Waals surface area contributed by atoms with E-state index >= 15 is 0 Å². The molecule has 1 heterocycles. The van der Waals surface area contributed by atoms with Crippen molar-refractivity contribution in [3.8, 4) is 0 Å². The van der Waals surface area contributed by atoms with Gasteiger partial charge in [0.1, 0.15) is 5.69 Å². The number of carbonyl (C=O) groups excluding carboxylic acids is 1. The van der Waals surface area contributed by atoms with Gasteiger partial charge in [0.25, 0.3) is 0 Å². The molecule has 102 valence electrons. The van der Waals surface area contributed by atoms with Gasteiger partial charge in [0.2, 0.25) is 5.78 Å². The number of fused-ring (bicyclic) bond motifs is 1. The molecule has 2 aliphatic carbocycles. The van der Waals surface area contributed by atoms with Crippen LogP contribution in [0.4, 0.5) is 0 Å². The van der Waals surface area contributed by atoms with E-state index in [1.807, 2.05) is 36.1 Å². The number of Topliss-reactive ketones (excluding diaryl/α,β-unsaturated/α-hetero) is 1. The number of nitrogens with zero attached hydrogens (tertiary/aromatic N) is 3. The molecule has 0 N–H and O–H groups in total. The maximum Gasteiger partial charge on any atom is 0.208 e. The number of aromatic nitrogens is 2. The van der Waals surface area contributed by atoms with E-state index < -0.39 is 0 Å². The Morgan fingerprint density at radius 3 is 2.74 bits per heavy atom. The second-order valence-electron chi connectivity index (χ2n) is 5.85. The summed E-state index contributed by atoms with van der Waals surface area (Å²) >= 11 is 0. The van der Waals surface area contributed by atoms with Gasteiger partial charge in [0.15, 0.2) is 0 Å². The van der Waals surface area contributed by atoms with Crippen molar-refractivity contribution in [3.63, 3.8) is 0 Å². The highest BCUT2D eigenvalue weighted by atomic mass is 16.1. The highest BCUT2D eigenvalue weighted by molar-refractivity contribution is 6.09. The zero-order valence-corrected chi connectivity index (χ0v) is 11.7. The highest BCUT2D eigenvalue weighted by Crippen LogP contribution is 2.33. The third-order valence-electron chi connectivity index (χ3n) is 4.13. The average Bonchev–Trinajstić information content (AvgIpc) is 3.00. The number of ketones is 1. The van der Waals surface area contributed by atoms with Crippen LogP contribution in [0.15, 0.2) is 18.0 Å². The average molecular weight is 259 g/mol. The molecule has 19 heavy (non-hydrogen) atoms. The van der Waals surface area contributed by atoms with Crippen molar-refractivity contribution in [1.82, 2.24) is 14.7 Å². The summed E-state index contributed by atoms with van der Waals surface area (Å²) in [5, 5.41) is 4.50. The molecule has 1 saturated carbocycles. The first-order valence-corrected chi connectivity index (χ1v) is 7.15. The van der Waals surface area contributed by atoms with E-state index in [2.05, 4.69) is 5.10 Å². The van der Waals surface area contributed by atoms with Gasteiger partial charge in [-0.3, -0.25) is 9.48 Å². The van der Waals surface area contributed by atoms with Crippen LogP contribution in [0.5, 0.6) is 0 Å². The summed E-state index contributed by atoms with van der Waals surface area (Å²) in [6, 6.07) is 0.436. The molecule has 0 radical (unpaired) electrons. The molecule has 1 aromatic heterocycles. The predicted molar refractivity (Wildman–Crippen MR) is 74.2 cm³/mol. The van der Waals surface area contributed by atoms with Gasteiger partial charge in [-0.15, -0.1) is 0 Å². The number of rotatable bonds is 2. The quantitative estimate of drug-likeness (QED) is 0.766. The minimum Gasteiger partial charge on any atom is -0.383 e. The summed E-state index contributed by atoms with van der Waals surface area (Å²) in [5.74, 6) is 0.180. The van der Waals surface area contributed by atoms with E-state index in [1.54, 1.807) is 0 Å². The van der Waals surface area contributed by atoms with Crippen LogP contribution < -0.4 is 0 Å². The Bertz CT molecular complexity index is 521. The molecule has 0 spiro atoms. The minimum atomic E-state index is 0.180. The summed E-state index contributed by atoms with van der Waals surface area (Å²) in [5.41, 5.74) is 2.90. The molecule has 0 atom stereocenters. The zero-order chi connectivity index (χ0) is 13.4. The molecule has 0 unspecified atom stereocenters. The van der Waals surface area contributed by atoms with Gasteiger partial charge in [-0.25, -0.2) is 0 Å². The van der Waals surface area contributed by atoms with Gasteiger partial charge in [-0.2, -0.15) is 5.10 Å². The molecule has 4 nitrogen and oxygen atoms in total. The third-order valence-corrected chi connectivity index (χ3v) is 4.13. The summed E-state index contributed by atoms with van der Waals surface area (Å²) in [4.78, 5) is 14.6. The second-order valence-corrected chi connectivity index (χ2v) is 5.85. The van der Waals surface area contributed by atoms with E-state index in [0.29, 0.717) is 6.04 Å². The molecule has 1 fully saturated rings. The van der Waals surface area contributed by atoms with E-state index in [1.165, 1.54) is 12.8 Å². The van der Waals surface area contributed by atoms with Crippen LogP contribution in [0.25, 0.3) is 0 Å². The maximum absolute atomic E-state index is 12.6. The van der Waals surface area contributed by atoms with Gasteiger partial charge in [0, 0.05) is 31.4 Å². The monoisotopic (exact) mass is 259 g/mol. The van der Waals surface area contributed by atoms with Gasteiger partial charge in [0.05, 0.1) is 12.2 Å². The number of hydrogen-bond acceptors (Lipinski definition) is 3. The van der Waals surface area contributed by atoms with Crippen LogP contribution in [0.1, 0.15) is 54.2 Å². The Hall–Kier alpha value is -1.58. The fourth-order valence-electron chi connectivity index (χ4n) is 3.23. The smallest absolute Gasteiger partial charge is 0.208 e. The first kappa shape index (κ1) is 12.5. The lowest BCUT2D eigenvalue weighted by Crippen LogP contribution is -2.22. The predicted octanol–water partition coefficient (Wildman–Crippen LogP) is 2.57. The van der Waals surface area contributed by atoms with Crippen molar-refractivity contribution in [2.45, 2.75) is 44.6 Å². The SMILES string of the molecule is CN(C)/C=C1/CCc2cnn(C3CCCC3)c2C1=O. The van der Waals surface area contributed by atoms with Gasteiger partial charge in [-0.05, 0) is 25.7 Å². The van der Waals surface area contributed by atoms with E-state index in [0.717, 1.165) is 42.5 Å². The normalized spacial score (nSPS) is 22.0. The van der Waals surface area contributed by atoms with Crippen molar-refractivity contribution in [3.05, 3.63) is 29.2 Å². The summed E-state index contributed by atoms with van der Waals surface area (Å²) < 4.78 is 2.01. The van der Waals surface area contributed by atoms with Crippen LogP contribution in [-0.2, 0) is 6.42 Å². The Labute approximate surface area is 114 Å².